The number of rotatable bonds is 6. The number of benzene rings is 1. The van der Waals surface area contributed by atoms with E-state index in [2.05, 4.69) is 62.3 Å². The van der Waals surface area contributed by atoms with Gasteiger partial charge in [-0.1, -0.05) is 25.1 Å². The molecule has 118 valence electrons. The highest BCUT2D eigenvalue weighted by Gasteiger charge is 2.19. The summed E-state index contributed by atoms with van der Waals surface area (Å²) in [7, 11) is 2.20. The van der Waals surface area contributed by atoms with E-state index < -0.39 is 0 Å². The van der Waals surface area contributed by atoms with Crippen LogP contribution in [-0.4, -0.2) is 36.7 Å². The fraction of sp³-hybridized carbons (Fsp3) is 0.667. The van der Waals surface area contributed by atoms with Gasteiger partial charge in [-0.05, 0) is 59.3 Å². The first-order valence-corrected chi connectivity index (χ1v) is 8.17. The molecule has 0 atom stereocenters. The van der Waals surface area contributed by atoms with Crippen molar-refractivity contribution < 1.29 is 4.74 Å². The predicted molar refractivity (Wildman–Crippen MR) is 89.7 cm³/mol. The summed E-state index contributed by atoms with van der Waals surface area (Å²) in [6.45, 7) is 9.51. The van der Waals surface area contributed by atoms with Gasteiger partial charge >= 0.3 is 0 Å². The Morgan fingerprint density at radius 3 is 2.57 bits per heavy atom. The molecule has 0 unspecified atom stereocenters. The van der Waals surface area contributed by atoms with Crippen LogP contribution in [0.4, 0.5) is 5.69 Å². The largest absolute Gasteiger partial charge is 0.382 e. The minimum absolute atomic E-state index is 0.0549. The monoisotopic (exact) mass is 290 g/mol. The number of piperidine rings is 1. The van der Waals surface area contributed by atoms with Crippen molar-refractivity contribution in [3.63, 3.8) is 0 Å². The molecule has 1 aromatic carbocycles. The van der Waals surface area contributed by atoms with E-state index >= 15 is 0 Å². The number of likely N-dealkylation sites (tertiary alicyclic amines) is 1. The van der Waals surface area contributed by atoms with Crippen LogP contribution in [-0.2, 0) is 11.3 Å². The van der Waals surface area contributed by atoms with Crippen LogP contribution in [0.15, 0.2) is 24.3 Å². The van der Waals surface area contributed by atoms with E-state index in [1.807, 2.05) is 0 Å². The maximum atomic E-state index is 6.06. The second-order valence-corrected chi connectivity index (χ2v) is 6.78. The summed E-state index contributed by atoms with van der Waals surface area (Å²) in [5.41, 5.74) is 2.44. The summed E-state index contributed by atoms with van der Waals surface area (Å²) in [4.78, 5) is 2.40. The van der Waals surface area contributed by atoms with Crippen LogP contribution in [0.25, 0.3) is 0 Å². The maximum absolute atomic E-state index is 6.06. The molecule has 0 spiro atoms. The van der Waals surface area contributed by atoms with Gasteiger partial charge in [0, 0.05) is 17.3 Å². The zero-order chi connectivity index (χ0) is 15.3. The Kier molecular flexibility index (Phi) is 5.65. The molecular weight excluding hydrogens is 260 g/mol. The van der Waals surface area contributed by atoms with Crippen LogP contribution in [0.3, 0.4) is 0 Å². The molecule has 0 amide bonds. The molecule has 0 bridgehead atoms. The summed E-state index contributed by atoms with van der Waals surface area (Å²) in [5.74, 6) is 0. The molecule has 0 aromatic heterocycles. The molecule has 1 saturated heterocycles. The summed E-state index contributed by atoms with van der Waals surface area (Å²) >= 11 is 0. The third-order valence-corrected chi connectivity index (χ3v) is 4.57. The maximum Gasteiger partial charge on any atom is 0.0744 e. The molecule has 1 heterocycles. The topological polar surface area (TPSA) is 24.5 Å². The number of hydrogen-bond donors (Lipinski definition) is 1. The Balaban J connectivity index is 1.96. The van der Waals surface area contributed by atoms with Gasteiger partial charge < -0.3 is 15.0 Å². The standard InChI is InChI=1S/C18H30N2O/c1-5-18(2,3)21-14-15-8-6-7-9-17(15)19-16-10-12-20(4)13-11-16/h6-9,16,19H,5,10-14H2,1-4H3. The van der Waals surface area contributed by atoms with Crippen molar-refractivity contribution in [1.29, 1.82) is 0 Å². The third-order valence-electron chi connectivity index (χ3n) is 4.57. The Morgan fingerprint density at radius 1 is 1.24 bits per heavy atom. The number of nitrogens with zero attached hydrogens (tertiary/aromatic N) is 1. The number of nitrogens with one attached hydrogen (secondary N) is 1. The molecule has 1 aliphatic heterocycles. The SMILES string of the molecule is CCC(C)(C)OCc1ccccc1NC1CCN(C)CC1. The third kappa shape index (κ3) is 5.01. The van der Waals surface area contributed by atoms with E-state index in [9.17, 15) is 0 Å². The molecule has 1 aromatic rings. The van der Waals surface area contributed by atoms with E-state index in [1.165, 1.54) is 37.2 Å². The first-order valence-electron chi connectivity index (χ1n) is 8.17. The molecule has 1 N–H and O–H groups in total. The smallest absolute Gasteiger partial charge is 0.0744 e. The molecule has 1 fully saturated rings. The van der Waals surface area contributed by atoms with Crippen molar-refractivity contribution >= 4 is 5.69 Å². The average molecular weight is 290 g/mol. The Morgan fingerprint density at radius 2 is 1.90 bits per heavy atom. The van der Waals surface area contributed by atoms with E-state index in [4.69, 9.17) is 4.74 Å². The number of ether oxygens (including phenoxy) is 1. The Hall–Kier alpha value is -1.06. The predicted octanol–water partition coefficient (Wildman–Crippen LogP) is 3.90. The zero-order valence-electron chi connectivity index (χ0n) is 14.0. The summed E-state index contributed by atoms with van der Waals surface area (Å²) in [5, 5.41) is 3.72. The molecule has 3 nitrogen and oxygen atoms in total. The molecule has 3 heteroatoms. The van der Waals surface area contributed by atoms with E-state index in [0.29, 0.717) is 12.6 Å². The summed E-state index contributed by atoms with van der Waals surface area (Å²) in [6, 6.07) is 9.13. The van der Waals surface area contributed by atoms with Crippen LogP contribution < -0.4 is 5.32 Å². The van der Waals surface area contributed by atoms with Crippen molar-refractivity contribution in [1.82, 2.24) is 4.90 Å². The molecule has 0 saturated carbocycles. The van der Waals surface area contributed by atoms with Gasteiger partial charge in [0.1, 0.15) is 0 Å². The minimum atomic E-state index is -0.0549. The minimum Gasteiger partial charge on any atom is -0.382 e. The second-order valence-electron chi connectivity index (χ2n) is 6.78. The zero-order valence-corrected chi connectivity index (χ0v) is 14.0. The lowest BCUT2D eigenvalue weighted by Crippen LogP contribution is -2.36. The van der Waals surface area contributed by atoms with E-state index in [-0.39, 0.29) is 5.60 Å². The number of hydrogen-bond acceptors (Lipinski definition) is 3. The Bertz CT molecular complexity index is 437. The van der Waals surface area contributed by atoms with E-state index in [0.717, 1.165) is 6.42 Å². The van der Waals surface area contributed by atoms with Gasteiger partial charge in [-0.2, -0.15) is 0 Å². The normalized spacial score (nSPS) is 17.9. The molecule has 0 aliphatic carbocycles. The van der Waals surface area contributed by atoms with Crippen molar-refractivity contribution in [3.8, 4) is 0 Å². The van der Waals surface area contributed by atoms with Crippen molar-refractivity contribution in [2.75, 3.05) is 25.5 Å². The van der Waals surface area contributed by atoms with Crippen molar-refractivity contribution in [2.24, 2.45) is 0 Å². The quantitative estimate of drug-likeness (QED) is 0.860. The highest BCUT2D eigenvalue weighted by molar-refractivity contribution is 5.51. The molecule has 1 aliphatic rings. The van der Waals surface area contributed by atoms with Crippen LogP contribution in [0, 0.1) is 0 Å². The highest BCUT2D eigenvalue weighted by Crippen LogP contribution is 2.23. The van der Waals surface area contributed by atoms with E-state index in [1.54, 1.807) is 0 Å². The lowest BCUT2D eigenvalue weighted by atomic mass is 10.0. The van der Waals surface area contributed by atoms with Gasteiger partial charge in [-0.15, -0.1) is 0 Å². The van der Waals surface area contributed by atoms with Gasteiger partial charge in [0.2, 0.25) is 0 Å². The van der Waals surface area contributed by atoms with Crippen LogP contribution in [0.5, 0.6) is 0 Å². The van der Waals surface area contributed by atoms with Crippen molar-refractivity contribution in [3.05, 3.63) is 29.8 Å². The summed E-state index contributed by atoms with van der Waals surface area (Å²) < 4.78 is 6.06. The number of anilines is 1. The van der Waals surface area contributed by atoms with Crippen molar-refractivity contribution in [2.45, 2.75) is 58.3 Å². The fourth-order valence-corrected chi connectivity index (χ4v) is 2.54. The molecule has 0 radical (unpaired) electrons. The molecule has 2 rings (SSSR count). The fourth-order valence-electron chi connectivity index (χ4n) is 2.54. The summed E-state index contributed by atoms with van der Waals surface area (Å²) in [6.07, 6.45) is 3.45. The van der Waals surface area contributed by atoms with Gasteiger partial charge in [0.05, 0.1) is 12.2 Å². The van der Waals surface area contributed by atoms with Gasteiger partial charge in [-0.3, -0.25) is 0 Å². The average Bonchev–Trinajstić information content (AvgIpc) is 2.49. The first-order chi connectivity index (χ1) is 10.00. The Labute approximate surface area is 129 Å². The first kappa shape index (κ1) is 16.3. The highest BCUT2D eigenvalue weighted by atomic mass is 16.5. The van der Waals surface area contributed by atoms with Crippen LogP contribution in [0.2, 0.25) is 0 Å². The van der Waals surface area contributed by atoms with Gasteiger partial charge in [0.15, 0.2) is 0 Å². The van der Waals surface area contributed by atoms with Crippen LogP contribution in [0.1, 0.15) is 45.6 Å². The number of para-hydroxylation sites is 1. The second kappa shape index (κ2) is 7.28. The lowest BCUT2D eigenvalue weighted by molar-refractivity contribution is -0.0314. The molecule has 21 heavy (non-hydrogen) atoms. The molecular formula is C18H30N2O. The van der Waals surface area contributed by atoms with Gasteiger partial charge in [-0.25, -0.2) is 0 Å². The van der Waals surface area contributed by atoms with Gasteiger partial charge in [0.25, 0.3) is 0 Å². The lowest BCUT2D eigenvalue weighted by Gasteiger charge is -2.31. The van der Waals surface area contributed by atoms with Crippen LogP contribution >= 0.6 is 0 Å².